The number of hydrogen-bond acceptors (Lipinski definition) is 5. The van der Waals surface area contributed by atoms with Crippen molar-refractivity contribution in [2.24, 2.45) is 5.41 Å². The summed E-state index contributed by atoms with van der Waals surface area (Å²) >= 11 is 0. The zero-order chi connectivity index (χ0) is 22.7. The molecule has 0 bridgehead atoms. The summed E-state index contributed by atoms with van der Waals surface area (Å²) in [6.45, 7) is 9.34. The second-order valence-corrected chi connectivity index (χ2v) is 9.59. The minimum absolute atomic E-state index is 0.121. The third kappa shape index (κ3) is 4.51. The van der Waals surface area contributed by atoms with Gasteiger partial charge in [0, 0.05) is 47.0 Å². The molecule has 32 heavy (non-hydrogen) atoms. The number of nitrogens with zero attached hydrogens (tertiary/aromatic N) is 3. The largest absolute Gasteiger partial charge is 0.497 e. The molecule has 0 fully saturated rings. The summed E-state index contributed by atoms with van der Waals surface area (Å²) in [4.78, 5) is 12.2. The number of hydrogen-bond donors (Lipinski definition) is 1. The molecular formula is C23H28N4O3Si2. The van der Waals surface area contributed by atoms with E-state index in [4.69, 9.17) is 13.6 Å². The third-order valence-electron chi connectivity index (χ3n) is 5.72. The van der Waals surface area contributed by atoms with Crippen molar-refractivity contribution in [3.05, 3.63) is 42.9 Å². The van der Waals surface area contributed by atoms with Crippen molar-refractivity contribution in [2.75, 3.05) is 7.11 Å². The predicted octanol–water partition coefficient (Wildman–Crippen LogP) is 4.70. The van der Waals surface area contributed by atoms with Crippen LogP contribution >= 0.6 is 0 Å². The molecule has 0 atom stereocenters. The average molecular weight is 465 g/mol. The van der Waals surface area contributed by atoms with Gasteiger partial charge in [0.2, 0.25) is 19.5 Å². The molecule has 1 aromatic carbocycles. The van der Waals surface area contributed by atoms with E-state index in [-0.39, 0.29) is 11.7 Å². The van der Waals surface area contributed by atoms with Crippen LogP contribution < -0.4 is 4.74 Å². The number of aromatic nitrogens is 4. The number of fused-ring (bicyclic) bond motifs is 2. The minimum atomic E-state index is -0.207. The summed E-state index contributed by atoms with van der Waals surface area (Å²) in [6, 6.07) is 8.26. The molecule has 166 valence electrons. The van der Waals surface area contributed by atoms with Gasteiger partial charge in [-0.1, -0.05) is 13.8 Å². The van der Waals surface area contributed by atoms with E-state index in [1.807, 2.05) is 25.2 Å². The van der Waals surface area contributed by atoms with Gasteiger partial charge in [0.15, 0.2) is 5.65 Å². The lowest BCUT2D eigenvalue weighted by molar-refractivity contribution is -0.0832. The van der Waals surface area contributed by atoms with Gasteiger partial charge in [-0.2, -0.15) is 0 Å². The van der Waals surface area contributed by atoms with Gasteiger partial charge < -0.3 is 23.1 Å². The Labute approximate surface area is 193 Å². The smallest absolute Gasteiger partial charge is 0.229 e. The lowest BCUT2D eigenvalue weighted by Gasteiger charge is -2.34. The molecule has 4 aromatic rings. The van der Waals surface area contributed by atoms with Gasteiger partial charge in [0.05, 0.1) is 12.8 Å². The highest BCUT2D eigenvalue weighted by Gasteiger charge is 2.30. The van der Waals surface area contributed by atoms with Crippen LogP contribution in [0, 0.1) is 5.41 Å². The van der Waals surface area contributed by atoms with Crippen molar-refractivity contribution >= 4 is 41.6 Å². The van der Waals surface area contributed by atoms with Crippen molar-refractivity contribution in [1.82, 2.24) is 19.5 Å². The molecule has 4 rings (SSSR count). The Hall–Kier alpha value is -2.47. The number of aryl methyl sites for hydroxylation is 1. The van der Waals surface area contributed by atoms with Gasteiger partial charge >= 0.3 is 0 Å². The van der Waals surface area contributed by atoms with E-state index >= 15 is 0 Å². The zero-order valence-corrected chi connectivity index (χ0v) is 21.1. The maximum absolute atomic E-state index is 5.93. The van der Waals surface area contributed by atoms with Gasteiger partial charge in [-0.15, -0.1) is 0 Å². The topological polar surface area (TPSA) is 74.2 Å². The van der Waals surface area contributed by atoms with Gasteiger partial charge in [0.1, 0.15) is 17.6 Å². The molecule has 9 heteroatoms. The summed E-state index contributed by atoms with van der Waals surface area (Å²) in [6.07, 6.45) is 6.32. The van der Waals surface area contributed by atoms with Crippen molar-refractivity contribution in [2.45, 2.75) is 46.2 Å². The maximum Gasteiger partial charge on any atom is 0.229 e. The summed E-state index contributed by atoms with van der Waals surface area (Å²) in [7, 11) is 2.49. The molecule has 1 N–H and O–H groups in total. The van der Waals surface area contributed by atoms with E-state index in [9.17, 15) is 0 Å². The van der Waals surface area contributed by atoms with E-state index in [1.54, 1.807) is 19.5 Å². The molecule has 0 saturated carbocycles. The number of methoxy groups -OCH3 is 1. The number of rotatable bonds is 10. The number of H-pyrrole nitrogens is 1. The van der Waals surface area contributed by atoms with Crippen LogP contribution in [0.2, 0.25) is 13.1 Å². The number of aromatic amines is 1. The van der Waals surface area contributed by atoms with Crippen LogP contribution in [0.1, 0.15) is 20.3 Å². The standard InChI is InChI=1S/C23H28N4O3Si2/c1-23(2,22(29-31-4)30-32-5)8-11-27-14-17(16-12-15(28-3)6-7-20(16)27)18-13-19-21(26-18)25-10-9-24-19/h6-7,9-10,12-14,22H,8,11H2,1-5H3,(H,25,26). The maximum atomic E-state index is 5.93. The fraction of sp³-hybridized carbons (Fsp3) is 0.391. The van der Waals surface area contributed by atoms with Crippen LogP contribution in [0.25, 0.3) is 33.3 Å². The molecule has 0 aliphatic heterocycles. The van der Waals surface area contributed by atoms with E-state index in [0.717, 1.165) is 52.0 Å². The van der Waals surface area contributed by atoms with Crippen LogP contribution in [0.4, 0.5) is 0 Å². The summed E-state index contributed by atoms with van der Waals surface area (Å²) < 4.78 is 19.7. The Bertz CT molecular complexity index is 1170. The zero-order valence-electron chi connectivity index (χ0n) is 19.1. The normalized spacial score (nSPS) is 12.3. The molecule has 0 amide bonds. The fourth-order valence-corrected chi connectivity index (χ4v) is 5.14. The summed E-state index contributed by atoms with van der Waals surface area (Å²) in [5.74, 6) is 0.832. The van der Waals surface area contributed by atoms with Crippen LogP contribution in [0.3, 0.4) is 0 Å². The van der Waals surface area contributed by atoms with Crippen LogP contribution in [-0.4, -0.2) is 52.4 Å². The highest BCUT2D eigenvalue weighted by molar-refractivity contribution is 6.26. The van der Waals surface area contributed by atoms with Crippen molar-refractivity contribution < 1.29 is 13.6 Å². The third-order valence-corrected chi connectivity index (χ3v) is 6.62. The fourth-order valence-electron chi connectivity index (χ4n) is 3.88. The van der Waals surface area contributed by atoms with Gasteiger partial charge in [0.25, 0.3) is 0 Å². The summed E-state index contributed by atoms with van der Waals surface area (Å²) in [5.41, 5.74) is 4.77. The molecule has 0 unspecified atom stereocenters. The number of benzene rings is 1. The van der Waals surface area contributed by atoms with Crippen LogP contribution in [-0.2, 0) is 15.4 Å². The molecule has 3 heterocycles. The first-order chi connectivity index (χ1) is 15.5. The Kier molecular flexibility index (Phi) is 6.80. The molecule has 0 aliphatic carbocycles. The monoisotopic (exact) mass is 464 g/mol. The van der Waals surface area contributed by atoms with E-state index < -0.39 is 0 Å². The van der Waals surface area contributed by atoms with Crippen molar-refractivity contribution in [3.63, 3.8) is 0 Å². The number of ether oxygens (including phenoxy) is 1. The quantitative estimate of drug-likeness (QED) is 0.272. The van der Waals surface area contributed by atoms with Gasteiger partial charge in [-0.25, -0.2) is 4.98 Å². The van der Waals surface area contributed by atoms with Crippen molar-refractivity contribution in [3.8, 4) is 17.0 Å². The van der Waals surface area contributed by atoms with E-state index in [0.29, 0.717) is 19.5 Å². The van der Waals surface area contributed by atoms with E-state index in [1.165, 1.54) is 0 Å². The van der Waals surface area contributed by atoms with Crippen molar-refractivity contribution in [1.29, 1.82) is 0 Å². The molecule has 4 radical (unpaired) electrons. The molecule has 3 aromatic heterocycles. The minimum Gasteiger partial charge on any atom is -0.497 e. The Balaban J connectivity index is 1.70. The van der Waals surface area contributed by atoms with E-state index in [2.05, 4.69) is 51.7 Å². The number of nitrogens with one attached hydrogen (secondary N) is 1. The highest BCUT2D eigenvalue weighted by Crippen LogP contribution is 2.35. The molecule has 7 nitrogen and oxygen atoms in total. The van der Waals surface area contributed by atoms with Gasteiger partial charge in [-0.3, -0.25) is 4.98 Å². The molecule has 0 saturated heterocycles. The summed E-state index contributed by atoms with van der Waals surface area (Å²) in [5, 5.41) is 1.13. The second-order valence-electron chi connectivity index (χ2n) is 8.31. The van der Waals surface area contributed by atoms with Crippen LogP contribution in [0.5, 0.6) is 5.75 Å². The molecular weight excluding hydrogens is 436 g/mol. The predicted molar refractivity (Wildman–Crippen MR) is 129 cm³/mol. The molecule has 0 aliphatic rings. The first kappa shape index (κ1) is 22.7. The Morgan fingerprint density at radius 2 is 1.84 bits per heavy atom. The Morgan fingerprint density at radius 1 is 1.09 bits per heavy atom. The lowest BCUT2D eigenvalue weighted by Crippen LogP contribution is -2.36. The average Bonchev–Trinajstić information content (AvgIpc) is 3.38. The Morgan fingerprint density at radius 3 is 2.53 bits per heavy atom. The van der Waals surface area contributed by atoms with Crippen LogP contribution in [0.15, 0.2) is 42.9 Å². The lowest BCUT2D eigenvalue weighted by atomic mass is 9.88. The SMILES string of the molecule is COc1ccc2c(c1)c(-c1cc3nccnc3[nH]1)cn2CCC(C)(C)C(O[Si]C)O[Si]C. The second kappa shape index (κ2) is 9.57. The molecule has 0 spiro atoms. The first-order valence-corrected chi connectivity index (χ1v) is 13.4. The first-order valence-electron chi connectivity index (χ1n) is 10.6. The highest BCUT2D eigenvalue weighted by atomic mass is 28.2. The van der Waals surface area contributed by atoms with Gasteiger partial charge in [-0.05, 0) is 43.8 Å².